The van der Waals surface area contributed by atoms with E-state index >= 15 is 0 Å². The number of carbonyl (C=O) groups excluding carboxylic acids is 5. The zero-order chi connectivity index (χ0) is 26.1. The minimum atomic E-state index is -1.04. The average molecular weight is 492 g/mol. The van der Waals surface area contributed by atoms with E-state index < -0.39 is 47.9 Å². The molecule has 12 heteroatoms. The van der Waals surface area contributed by atoms with E-state index in [2.05, 4.69) is 21.3 Å². The van der Waals surface area contributed by atoms with Crippen molar-refractivity contribution < 1.29 is 33.8 Å². The van der Waals surface area contributed by atoms with Crippen LogP contribution >= 0.6 is 0 Å². The summed E-state index contributed by atoms with van der Waals surface area (Å²) in [4.78, 5) is 60.4. The van der Waals surface area contributed by atoms with Crippen LogP contribution in [0.5, 0.6) is 5.75 Å². The fourth-order valence-corrected chi connectivity index (χ4v) is 3.36. The molecule has 0 aromatic heterocycles. The summed E-state index contributed by atoms with van der Waals surface area (Å²) in [6, 6.07) is 4.13. The first kappa shape index (κ1) is 27.6. The van der Waals surface area contributed by atoms with Gasteiger partial charge in [-0.05, 0) is 30.0 Å². The molecular formula is C23H33N5O7. The fraction of sp³-hybridized carbons (Fsp3) is 0.522. The minimum absolute atomic E-state index is 0.0307. The van der Waals surface area contributed by atoms with E-state index in [4.69, 9.17) is 10.5 Å². The molecule has 12 nitrogen and oxygen atoms in total. The third kappa shape index (κ3) is 9.24. The molecule has 1 fully saturated rings. The molecular weight excluding hydrogens is 458 g/mol. The molecule has 1 aromatic rings. The van der Waals surface area contributed by atoms with Gasteiger partial charge in [0.1, 0.15) is 17.8 Å². The summed E-state index contributed by atoms with van der Waals surface area (Å²) in [5.74, 6) is -2.59. The standard InChI is InChI=1S/C23H33N5O7/c1-12(2)10-17(21(32)27-16(20(24)31)11-14-4-6-15(30)7-5-14)28-23(34)19-18(35-19)22(33)26-9-8-25-13(3)29/h4-7,12,16-19,30H,8-11H2,1-3H3,(H2,24,31)(H,25,29)(H,26,33)(H,27,32)(H,28,34)/t16-,17-,18-,19-/m0/s1. The molecule has 1 heterocycles. The molecule has 1 aromatic carbocycles. The van der Waals surface area contributed by atoms with Gasteiger partial charge in [0.05, 0.1) is 0 Å². The van der Waals surface area contributed by atoms with Crippen molar-refractivity contribution in [3.8, 4) is 5.75 Å². The van der Waals surface area contributed by atoms with Crippen LogP contribution in [0.3, 0.4) is 0 Å². The Labute approximate surface area is 203 Å². The van der Waals surface area contributed by atoms with Crippen LogP contribution in [0.15, 0.2) is 24.3 Å². The number of epoxide rings is 1. The first-order valence-electron chi connectivity index (χ1n) is 11.3. The highest BCUT2D eigenvalue weighted by Crippen LogP contribution is 2.23. The fourth-order valence-electron chi connectivity index (χ4n) is 3.36. The van der Waals surface area contributed by atoms with Gasteiger partial charge in [-0.25, -0.2) is 0 Å². The molecule has 192 valence electrons. The molecule has 0 spiro atoms. The van der Waals surface area contributed by atoms with Crippen LogP contribution in [0, 0.1) is 5.92 Å². The molecule has 1 aliphatic rings. The largest absolute Gasteiger partial charge is 0.508 e. The summed E-state index contributed by atoms with van der Waals surface area (Å²) < 4.78 is 5.17. The maximum atomic E-state index is 12.9. The van der Waals surface area contributed by atoms with E-state index in [-0.39, 0.29) is 43.5 Å². The Bertz CT molecular complexity index is 935. The molecule has 35 heavy (non-hydrogen) atoms. The first-order chi connectivity index (χ1) is 16.5. The Kier molecular flexibility index (Phi) is 10.0. The highest BCUT2D eigenvalue weighted by molar-refractivity contribution is 5.97. The van der Waals surface area contributed by atoms with Gasteiger partial charge in [0.2, 0.25) is 17.7 Å². The van der Waals surface area contributed by atoms with E-state index in [1.54, 1.807) is 12.1 Å². The van der Waals surface area contributed by atoms with Gasteiger partial charge >= 0.3 is 0 Å². The lowest BCUT2D eigenvalue weighted by Gasteiger charge is -2.23. The van der Waals surface area contributed by atoms with Crippen LogP contribution in [0.25, 0.3) is 0 Å². The van der Waals surface area contributed by atoms with Gasteiger partial charge in [-0.3, -0.25) is 24.0 Å². The molecule has 0 radical (unpaired) electrons. The Hall–Kier alpha value is -3.67. The zero-order valence-corrected chi connectivity index (χ0v) is 20.0. The predicted molar refractivity (Wildman–Crippen MR) is 125 cm³/mol. The minimum Gasteiger partial charge on any atom is -0.508 e. The van der Waals surface area contributed by atoms with E-state index in [0.717, 1.165) is 0 Å². The summed E-state index contributed by atoms with van der Waals surface area (Å²) in [5.41, 5.74) is 6.14. The van der Waals surface area contributed by atoms with E-state index in [9.17, 15) is 29.1 Å². The van der Waals surface area contributed by atoms with Crippen LogP contribution in [0.1, 0.15) is 32.8 Å². The van der Waals surface area contributed by atoms with Crippen LogP contribution in [-0.4, -0.2) is 72.0 Å². The quantitative estimate of drug-likeness (QED) is 0.142. The summed E-state index contributed by atoms with van der Waals surface area (Å²) in [7, 11) is 0. The maximum Gasteiger partial charge on any atom is 0.253 e. The van der Waals surface area contributed by atoms with Crippen LogP contribution in [0.2, 0.25) is 0 Å². The number of carbonyl (C=O) groups is 5. The van der Waals surface area contributed by atoms with Crippen LogP contribution in [-0.2, 0) is 35.1 Å². The smallest absolute Gasteiger partial charge is 0.253 e. The van der Waals surface area contributed by atoms with Gasteiger partial charge in [0.15, 0.2) is 12.2 Å². The Morgan fingerprint density at radius 2 is 1.54 bits per heavy atom. The van der Waals surface area contributed by atoms with E-state index in [1.165, 1.54) is 19.1 Å². The maximum absolute atomic E-state index is 12.9. The summed E-state index contributed by atoms with van der Waals surface area (Å²) in [6.07, 6.45) is -1.64. The number of amides is 5. The lowest BCUT2D eigenvalue weighted by Crippen LogP contribution is -2.54. The molecule has 0 saturated carbocycles. The number of primary amides is 1. The molecule has 1 saturated heterocycles. The SMILES string of the molecule is CC(=O)NCCNC(=O)[C@H]1O[C@@H]1C(=O)N[C@@H](CC(C)C)C(=O)N[C@@H](Cc1ccc(O)cc1)C(N)=O. The van der Waals surface area contributed by atoms with Crippen molar-refractivity contribution in [2.45, 2.75) is 57.9 Å². The normalized spacial score (nSPS) is 18.2. The zero-order valence-electron chi connectivity index (χ0n) is 20.0. The third-order valence-corrected chi connectivity index (χ3v) is 5.18. The van der Waals surface area contributed by atoms with Crippen LogP contribution < -0.4 is 27.0 Å². The highest BCUT2D eigenvalue weighted by atomic mass is 16.6. The topological polar surface area (TPSA) is 192 Å². The van der Waals surface area contributed by atoms with Gasteiger partial charge in [-0.2, -0.15) is 0 Å². The summed E-state index contributed by atoms with van der Waals surface area (Å²) >= 11 is 0. The molecule has 1 aliphatic heterocycles. The summed E-state index contributed by atoms with van der Waals surface area (Å²) in [6.45, 7) is 5.52. The van der Waals surface area contributed by atoms with E-state index in [1.807, 2.05) is 13.8 Å². The second-order valence-electron chi connectivity index (χ2n) is 8.78. The van der Waals surface area contributed by atoms with Crippen molar-refractivity contribution in [3.63, 3.8) is 0 Å². The van der Waals surface area contributed by atoms with Gasteiger partial charge in [-0.1, -0.05) is 26.0 Å². The molecule has 7 N–H and O–H groups in total. The molecule has 0 bridgehead atoms. The lowest BCUT2D eigenvalue weighted by molar-refractivity contribution is -0.132. The predicted octanol–water partition coefficient (Wildman–Crippen LogP) is -1.54. The monoisotopic (exact) mass is 491 g/mol. The summed E-state index contributed by atoms with van der Waals surface area (Å²) in [5, 5.41) is 19.7. The number of phenols is 1. The van der Waals surface area contributed by atoms with Crippen molar-refractivity contribution in [2.75, 3.05) is 13.1 Å². The lowest BCUT2D eigenvalue weighted by atomic mass is 10.0. The second-order valence-corrected chi connectivity index (χ2v) is 8.78. The van der Waals surface area contributed by atoms with Gasteiger partial charge < -0.3 is 36.8 Å². The van der Waals surface area contributed by atoms with Crippen molar-refractivity contribution in [2.24, 2.45) is 11.7 Å². The first-order valence-corrected chi connectivity index (χ1v) is 11.3. The number of phenolic OH excluding ortho intramolecular Hbond substituents is 1. The average Bonchev–Trinajstić information content (AvgIpc) is 3.57. The van der Waals surface area contributed by atoms with Gasteiger partial charge in [-0.15, -0.1) is 0 Å². The molecule has 0 aliphatic carbocycles. The van der Waals surface area contributed by atoms with Gasteiger partial charge in [0.25, 0.3) is 11.8 Å². The molecule has 2 rings (SSSR count). The number of aromatic hydroxyl groups is 1. The Morgan fingerprint density at radius 3 is 2.11 bits per heavy atom. The number of rotatable bonds is 13. The van der Waals surface area contributed by atoms with Crippen molar-refractivity contribution in [1.29, 1.82) is 0 Å². The number of hydrogen-bond acceptors (Lipinski definition) is 7. The number of hydrogen-bond donors (Lipinski definition) is 6. The number of benzene rings is 1. The molecule has 4 atom stereocenters. The van der Waals surface area contributed by atoms with Crippen LogP contribution in [0.4, 0.5) is 0 Å². The third-order valence-electron chi connectivity index (χ3n) is 5.18. The van der Waals surface area contributed by atoms with Crippen molar-refractivity contribution in [3.05, 3.63) is 29.8 Å². The Morgan fingerprint density at radius 1 is 0.943 bits per heavy atom. The van der Waals surface area contributed by atoms with Crippen molar-refractivity contribution in [1.82, 2.24) is 21.3 Å². The molecule has 5 amide bonds. The number of nitrogens with two attached hydrogens (primary N) is 1. The number of nitrogens with one attached hydrogen (secondary N) is 4. The Balaban J connectivity index is 1.93. The second kappa shape index (κ2) is 12.7. The highest BCUT2D eigenvalue weighted by Gasteiger charge is 2.50. The number of ether oxygens (including phenoxy) is 1. The van der Waals surface area contributed by atoms with Crippen molar-refractivity contribution >= 4 is 29.5 Å². The van der Waals surface area contributed by atoms with Gasteiger partial charge in [0, 0.05) is 26.4 Å². The van der Waals surface area contributed by atoms with E-state index in [0.29, 0.717) is 5.56 Å². The molecule has 0 unspecified atom stereocenters.